The van der Waals surface area contributed by atoms with Crippen molar-refractivity contribution in [3.05, 3.63) is 0 Å². The van der Waals surface area contributed by atoms with Crippen LogP contribution >= 0.6 is 0 Å². The Kier molecular flexibility index (Phi) is 6.19. The molecule has 6 nitrogen and oxygen atoms in total. The number of rotatable bonds is 4. The monoisotopic (exact) mass is 418 g/mol. The summed E-state index contributed by atoms with van der Waals surface area (Å²) >= 11 is 0. The van der Waals surface area contributed by atoms with Gasteiger partial charge in [-0.25, -0.2) is 16.5 Å². The van der Waals surface area contributed by atoms with Crippen molar-refractivity contribution in [1.29, 1.82) is 0 Å². The molecule has 4 fully saturated rings. The van der Waals surface area contributed by atoms with Gasteiger partial charge in [-0.1, -0.05) is 20.3 Å². The average molecular weight is 419 g/mol. The van der Waals surface area contributed by atoms with Crippen LogP contribution < -0.4 is 11.7 Å². The molecule has 4 rings (SSSR count). The molecule has 170 valence electrons. The van der Waals surface area contributed by atoms with Crippen LogP contribution in [-0.2, 0) is 4.79 Å². The molecule has 0 bridgehead atoms. The van der Waals surface area contributed by atoms with E-state index >= 15 is 0 Å². The molecule has 30 heavy (non-hydrogen) atoms. The van der Waals surface area contributed by atoms with Crippen molar-refractivity contribution in [2.75, 3.05) is 13.1 Å². The van der Waals surface area contributed by atoms with Crippen molar-refractivity contribution < 1.29 is 9.59 Å². The first-order valence-electron chi connectivity index (χ1n) is 12.4. The second-order valence-electron chi connectivity index (χ2n) is 11.2. The third-order valence-electron chi connectivity index (χ3n) is 9.76. The van der Waals surface area contributed by atoms with Crippen molar-refractivity contribution >= 4 is 11.8 Å². The molecule has 0 spiro atoms. The van der Waals surface area contributed by atoms with Gasteiger partial charge in [-0.2, -0.15) is 0 Å². The minimum atomic E-state index is -0.487. The first-order valence-corrected chi connectivity index (χ1v) is 12.4. The molecule has 0 radical (unpaired) electrons. The molecule has 4 aliphatic rings. The van der Waals surface area contributed by atoms with E-state index in [9.17, 15) is 9.59 Å². The molecule has 2 amide bonds. The van der Waals surface area contributed by atoms with Gasteiger partial charge in [0.05, 0.1) is 6.54 Å². The van der Waals surface area contributed by atoms with Crippen molar-refractivity contribution in [1.82, 2.24) is 10.0 Å². The summed E-state index contributed by atoms with van der Waals surface area (Å²) in [4.78, 5) is 25.4. The number of hydrogen-bond acceptors (Lipinski definition) is 4. The highest BCUT2D eigenvalue weighted by atomic mass is 16.2. The number of amides is 2. The third kappa shape index (κ3) is 3.68. The van der Waals surface area contributed by atoms with E-state index in [0.717, 1.165) is 52.4 Å². The number of ketones is 1. The van der Waals surface area contributed by atoms with Gasteiger partial charge in [-0.15, -0.1) is 0 Å². The third-order valence-corrected chi connectivity index (χ3v) is 9.76. The zero-order valence-corrected chi connectivity index (χ0v) is 19.2. The Hall–Kier alpha value is -1.14. The Labute approximate surface area is 182 Å². The van der Waals surface area contributed by atoms with Crippen LogP contribution in [0.1, 0.15) is 78.6 Å². The van der Waals surface area contributed by atoms with E-state index in [1.807, 2.05) is 0 Å². The van der Waals surface area contributed by atoms with Gasteiger partial charge in [0.2, 0.25) is 0 Å². The van der Waals surface area contributed by atoms with E-state index in [4.69, 9.17) is 11.7 Å². The topological polar surface area (TPSA) is 92.7 Å². The molecule has 4 N–H and O–H groups in total. The van der Waals surface area contributed by atoms with Gasteiger partial charge in [0.15, 0.2) is 5.78 Å². The van der Waals surface area contributed by atoms with Crippen LogP contribution in [0.4, 0.5) is 4.79 Å². The van der Waals surface area contributed by atoms with Crippen molar-refractivity contribution in [2.24, 2.45) is 58.5 Å². The van der Waals surface area contributed by atoms with Gasteiger partial charge in [0, 0.05) is 12.5 Å². The normalized spacial score (nSPS) is 42.6. The van der Waals surface area contributed by atoms with E-state index < -0.39 is 6.03 Å². The van der Waals surface area contributed by atoms with Crippen LogP contribution in [0, 0.1) is 46.8 Å². The van der Waals surface area contributed by atoms with Crippen LogP contribution in [0.5, 0.6) is 0 Å². The molecule has 0 aromatic rings. The number of carbonyl (C=O) groups excluding carboxylic acids is 2. The Morgan fingerprint density at radius 1 is 0.933 bits per heavy atom. The second-order valence-corrected chi connectivity index (χ2v) is 11.2. The lowest BCUT2D eigenvalue weighted by Crippen LogP contribution is -2.54. The molecule has 0 aliphatic heterocycles. The van der Waals surface area contributed by atoms with Gasteiger partial charge >= 0.3 is 6.03 Å². The Balaban J connectivity index is 1.44. The number of nitrogens with zero attached hydrogens (tertiary/aromatic N) is 2. The van der Waals surface area contributed by atoms with Crippen molar-refractivity contribution in [2.45, 2.75) is 78.6 Å². The van der Waals surface area contributed by atoms with E-state index in [0.29, 0.717) is 12.5 Å². The smallest absolute Gasteiger partial charge is 0.297 e. The lowest BCUT2D eigenvalue weighted by molar-refractivity contribution is -0.131. The fraction of sp³-hybridized carbons (Fsp3) is 0.917. The maximum Gasteiger partial charge on any atom is 0.348 e. The largest absolute Gasteiger partial charge is 0.348 e. The Morgan fingerprint density at radius 3 is 2.40 bits per heavy atom. The number of Topliss-reactive ketones (excluding diaryl/α,β-unsaturated/α-hetero) is 1. The molecular weight excluding hydrogens is 376 g/mol. The lowest BCUT2D eigenvalue weighted by Gasteiger charge is -2.56. The highest BCUT2D eigenvalue weighted by Crippen LogP contribution is 2.64. The summed E-state index contributed by atoms with van der Waals surface area (Å²) in [6, 6.07) is -0.487. The number of nitrogens with two attached hydrogens (primary N) is 2. The first kappa shape index (κ1) is 22.1. The Bertz CT molecular complexity index is 670. The van der Waals surface area contributed by atoms with Crippen LogP contribution in [0.3, 0.4) is 0 Å². The fourth-order valence-electron chi connectivity index (χ4n) is 8.26. The summed E-state index contributed by atoms with van der Waals surface area (Å²) in [6.07, 6.45) is 11.6. The van der Waals surface area contributed by atoms with E-state index in [-0.39, 0.29) is 23.7 Å². The van der Waals surface area contributed by atoms with Gasteiger partial charge in [-0.3, -0.25) is 14.8 Å². The second kappa shape index (κ2) is 8.42. The molecule has 0 saturated heterocycles. The highest BCUT2D eigenvalue weighted by Gasteiger charge is 2.58. The summed E-state index contributed by atoms with van der Waals surface area (Å²) in [5.74, 6) is 16.9. The van der Waals surface area contributed by atoms with Gasteiger partial charge in [0.1, 0.15) is 0 Å². The molecule has 4 aliphatic carbocycles. The van der Waals surface area contributed by atoms with E-state index in [1.54, 1.807) is 6.92 Å². The minimum absolute atomic E-state index is 0.0271. The molecule has 8 atom stereocenters. The standard InChI is InChI=1S/C24H42N4O2/c1-4-27(25)23(30)28(26)14-22(29)21-10-9-20-19-8-6-16-13-15(2)5-7-17(16)18(19)11-12-24(20,21)3/h15-21H,4-14,25-26H2,1-3H3. The summed E-state index contributed by atoms with van der Waals surface area (Å²) < 4.78 is 0. The van der Waals surface area contributed by atoms with Crippen LogP contribution in [-0.4, -0.2) is 34.9 Å². The SMILES string of the molecule is CCN(N)C(=O)N(N)CC(=O)C1CCC2C3CCC4CC(C)CCC4C3CCC12C. The molecule has 6 heteroatoms. The predicted octanol–water partition coefficient (Wildman–Crippen LogP) is 3.95. The van der Waals surface area contributed by atoms with Crippen LogP contribution in [0.25, 0.3) is 0 Å². The van der Waals surface area contributed by atoms with E-state index in [1.165, 1.54) is 44.9 Å². The average Bonchev–Trinajstić information content (AvgIpc) is 3.09. The van der Waals surface area contributed by atoms with Crippen molar-refractivity contribution in [3.63, 3.8) is 0 Å². The van der Waals surface area contributed by atoms with Crippen LogP contribution in [0.2, 0.25) is 0 Å². The zero-order valence-electron chi connectivity index (χ0n) is 19.2. The number of hydrogen-bond donors (Lipinski definition) is 2. The number of hydrazine groups is 2. The molecule has 8 unspecified atom stereocenters. The highest BCUT2D eigenvalue weighted by molar-refractivity contribution is 5.87. The van der Waals surface area contributed by atoms with Crippen molar-refractivity contribution in [3.8, 4) is 0 Å². The number of carbonyl (C=O) groups is 2. The summed E-state index contributed by atoms with van der Waals surface area (Å²) in [5, 5.41) is 2.06. The van der Waals surface area contributed by atoms with Gasteiger partial charge in [0.25, 0.3) is 0 Å². The maximum absolute atomic E-state index is 13.2. The molecule has 0 aromatic carbocycles. The number of urea groups is 1. The van der Waals surface area contributed by atoms with Crippen LogP contribution in [0.15, 0.2) is 0 Å². The maximum atomic E-state index is 13.2. The molecule has 4 saturated carbocycles. The predicted molar refractivity (Wildman–Crippen MR) is 118 cm³/mol. The fourth-order valence-corrected chi connectivity index (χ4v) is 8.26. The van der Waals surface area contributed by atoms with Gasteiger partial charge < -0.3 is 0 Å². The Morgan fingerprint density at radius 2 is 1.67 bits per heavy atom. The van der Waals surface area contributed by atoms with Gasteiger partial charge in [-0.05, 0) is 99.2 Å². The zero-order chi connectivity index (χ0) is 21.6. The summed E-state index contributed by atoms with van der Waals surface area (Å²) in [5.41, 5.74) is 0.0735. The minimum Gasteiger partial charge on any atom is -0.297 e. The molecule has 0 heterocycles. The summed E-state index contributed by atoms with van der Waals surface area (Å²) in [7, 11) is 0. The number of fused-ring (bicyclic) bond motifs is 5. The lowest BCUT2D eigenvalue weighted by atomic mass is 9.49. The first-order chi connectivity index (χ1) is 14.3. The quantitative estimate of drug-likeness (QED) is 0.411. The molecular formula is C24H42N4O2. The van der Waals surface area contributed by atoms with E-state index in [2.05, 4.69) is 13.8 Å². The molecule has 0 aromatic heterocycles. The summed E-state index contributed by atoms with van der Waals surface area (Å²) in [6.45, 7) is 6.92.